The van der Waals surface area contributed by atoms with Crippen LogP contribution in [0.5, 0.6) is 0 Å². The third kappa shape index (κ3) is 3.02. The van der Waals surface area contributed by atoms with Crippen molar-refractivity contribution in [3.8, 4) is 0 Å². The molecule has 1 fully saturated rings. The smallest absolute Gasteiger partial charge is 0.224 e. The Bertz CT molecular complexity index is 887. The predicted octanol–water partition coefficient (Wildman–Crippen LogP) is 3.49. The van der Waals surface area contributed by atoms with Crippen molar-refractivity contribution >= 4 is 16.9 Å². The zero-order chi connectivity index (χ0) is 17.2. The van der Waals surface area contributed by atoms with E-state index in [1.165, 1.54) is 0 Å². The second-order valence-electron chi connectivity index (χ2n) is 6.55. The highest BCUT2D eigenvalue weighted by Crippen LogP contribution is 2.31. The molecule has 5 heteroatoms. The van der Waals surface area contributed by atoms with Gasteiger partial charge in [0, 0.05) is 25.7 Å². The van der Waals surface area contributed by atoms with E-state index in [-0.39, 0.29) is 11.9 Å². The van der Waals surface area contributed by atoms with Crippen LogP contribution in [0.15, 0.2) is 48.7 Å². The van der Waals surface area contributed by atoms with Crippen molar-refractivity contribution in [3.63, 3.8) is 0 Å². The number of aryl methyl sites for hydroxylation is 2. The van der Waals surface area contributed by atoms with Gasteiger partial charge >= 0.3 is 0 Å². The second kappa shape index (κ2) is 6.67. The molecule has 0 spiro atoms. The molecule has 1 atom stereocenters. The summed E-state index contributed by atoms with van der Waals surface area (Å²) in [7, 11) is 0. The molecule has 128 valence electrons. The number of imidazole rings is 1. The monoisotopic (exact) mass is 334 g/mol. The summed E-state index contributed by atoms with van der Waals surface area (Å²) in [6, 6.07) is 14.1. The first-order chi connectivity index (χ1) is 12.2. The first-order valence-corrected chi connectivity index (χ1v) is 8.86. The fourth-order valence-corrected chi connectivity index (χ4v) is 3.78. The molecule has 0 radical (unpaired) electrons. The molecule has 0 aliphatic carbocycles. The molecule has 1 aliphatic rings. The van der Waals surface area contributed by atoms with Crippen LogP contribution in [0.4, 0.5) is 0 Å². The van der Waals surface area contributed by atoms with Gasteiger partial charge in [0.15, 0.2) is 0 Å². The van der Waals surface area contributed by atoms with E-state index in [0.29, 0.717) is 13.0 Å². The number of nitrogens with zero attached hydrogens (tertiary/aromatic N) is 4. The van der Waals surface area contributed by atoms with Crippen molar-refractivity contribution in [2.75, 3.05) is 6.54 Å². The number of amides is 1. The van der Waals surface area contributed by atoms with Gasteiger partial charge in [-0.05, 0) is 44.0 Å². The van der Waals surface area contributed by atoms with Crippen LogP contribution in [0.3, 0.4) is 0 Å². The van der Waals surface area contributed by atoms with Crippen molar-refractivity contribution in [2.24, 2.45) is 0 Å². The van der Waals surface area contributed by atoms with Crippen molar-refractivity contribution in [3.05, 3.63) is 60.2 Å². The van der Waals surface area contributed by atoms with Gasteiger partial charge in [-0.3, -0.25) is 9.78 Å². The number of rotatable bonds is 4. The summed E-state index contributed by atoms with van der Waals surface area (Å²) in [5.41, 5.74) is 3.08. The molecule has 4 rings (SSSR count). The van der Waals surface area contributed by atoms with Crippen LogP contribution in [0, 0.1) is 6.92 Å². The lowest BCUT2D eigenvalue weighted by atomic mass is 10.1. The van der Waals surface area contributed by atoms with E-state index in [1.54, 1.807) is 6.20 Å². The number of likely N-dealkylation sites (tertiary alicyclic amines) is 1. The summed E-state index contributed by atoms with van der Waals surface area (Å²) in [6.45, 7) is 3.48. The third-order valence-corrected chi connectivity index (χ3v) is 5.00. The molecule has 1 aromatic carbocycles. The van der Waals surface area contributed by atoms with Gasteiger partial charge in [-0.15, -0.1) is 0 Å². The lowest BCUT2D eigenvalue weighted by molar-refractivity contribution is -0.132. The number of carbonyl (C=O) groups excluding carboxylic acids is 1. The summed E-state index contributed by atoms with van der Waals surface area (Å²) in [5, 5.41) is 0. The zero-order valence-electron chi connectivity index (χ0n) is 14.4. The number of carbonyl (C=O) groups is 1. The summed E-state index contributed by atoms with van der Waals surface area (Å²) < 4.78 is 2.14. The molecular weight excluding hydrogens is 312 g/mol. The first-order valence-electron chi connectivity index (χ1n) is 8.86. The van der Waals surface area contributed by atoms with Crippen molar-refractivity contribution in [2.45, 2.75) is 38.8 Å². The molecule has 1 amide bonds. The van der Waals surface area contributed by atoms with Crippen molar-refractivity contribution in [1.82, 2.24) is 19.4 Å². The molecule has 3 aromatic rings. The molecule has 1 saturated heterocycles. The molecular formula is C20H22N4O. The Balaban J connectivity index is 1.49. The standard InChI is InChI=1S/C20H22N4O/c1-15-22-17-8-2-3-9-19(17)23(15)14-11-20(25)24-13-6-10-18(24)16-7-4-5-12-21-16/h2-5,7-9,12,18H,6,10-11,13-14H2,1H3/t18-/m0/s1. The van der Waals surface area contributed by atoms with E-state index in [4.69, 9.17) is 0 Å². The van der Waals surface area contributed by atoms with E-state index in [2.05, 4.69) is 20.6 Å². The molecule has 5 nitrogen and oxygen atoms in total. The van der Waals surface area contributed by atoms with Gasteiger partial charge in [0.25, 0.3) is 0 Å². The Morgan fingerprint density at radius 1 is 1.20 bits per heavy atom. The van der Waals surface area contributed by atoms with Gasteiger partial charge in [-0.1, -0.05) is 18.2 Å². The molecule has 0 bridgehead atoms. The number of aromatic nitrogens is 3. The molecule has 2 aromatic heterocycles. The van der Waals surface area contributed by atoms with Crippen LogP contribution < -0.4 is 0 Å². The lowest BCUT2D eigenvalue weighted by Crippen LogP contribution is -2.31. The fourth-order valence-electron chi connectivity index (χ4n) is 3.78. The molecule has 1 aliphatic heterocycles. The van der Waals surface area contributed by atoms with E-state index in [9.17, 15) is 4.79 Å². The van der Waals surface area contributed by atoms with Crippen LogP contribution in [-0.2, 0) is 11.3 Å². The minimum absolute atomic E-state index is 0.120. The molecule has 25 heavy (non-hydrogen) atoms. The average Bonchev–Trinajstić information content (AvgIpc) is 3.25. The Kier molecular flexibility index (Phi) is 4.22. The van der Waals surface area contributed by atoms with Crippen molar-refractivity contribution in [1.29, 1.82) is 0 Å². The maximum absolute atomic E-state index is 12.8. The Morgan fingerprint density at radius 3 is 2.88 bits per heavy atom. The number of hydrogen-bond donors (Lipinski definition) is 0. The van der Waals surface area contributed by atoms with Crippen molar-refractivity contribution < 1.29 is 4.79 Å². The second-order valence-corrected chi connectivity index (χ2v) is 6.55. The quantitative estimate of drug-likeness (QED) is 0.734. The van der Waals surface area contributed by atoms with Gasteiger partial charge in [-0.2, -0.15) is 0 Å². The van der Waals surface area contributed by atoms with Gasteiger partial charge in [0.1, 0.15) is 5.82 Å². The van der Waals surface area contributed by atoms with Crippen LogP contribution in [0.25, 0.3) is 11.0 Å². The fraction of sp³-hybridized carbons (Fsp3) is 0.350. The molecule has 0 unspecified atom stereocenters. The van der Waals surface area contributed by atoms with E-state index >= 15 is 0 Å². The van der Waals surface area contributed by atoms with E-state index in [0.717, 1.165) is 41.9 Å². The maximum atomic E-state index is 12.8. The normalized spacial score (nSPS) is 17.3. The van der Waals surface area contributed by atoms with Crippen LogP contribution >= 0.6 is 0 Å². The van der Waals surface area contributed by atoms with E-state index in [1.807, 2.05) is 48.2 Å². The average molecular weight is 334 g/mol. The minimum Gasteiger partial charge on any atom is -0.334 e. The van der Waals surface area contributed by atoms with Gasteiger partial charge in [-0.25, -0.2) is 4.98 Å². The number of pyridine rings is 1. The summed E-state index contributed by atoms with van der Waals surface area (Å²) in [6.07, 6.45) is 4.33. The highest BCUT2D eigenvalue weighted by molar-refractivity contribution is 5.78. The topological polar surface area (TPSA) is 51.0 Å². The van der Waals surface area contributed by atoms with Gasteiger partial charge < -0.3 is 9.47 Å². The van der Waals surface area contributed by atoms with Crippen LogP contribution in [0.1, 0.15) is 36.8 Å². The number of hydrogen-bond acceptors (Lipinski definition) is 3. The molecule has 0 N–H and O–H groups in total. The summed E-state index contributed by atoms with van der Waals surface area (Å²) >= 11 is 0. The minimum atomic E-state index is 0.120. The Hall–Kier alpha value is -2.69. The van der Waals surface area contributed by atoms with Crippen LogP contribution in [-0.4, -0.2) is 31.9 Å². The molecule has 3 heterocycles. The maximum Gasteiger partial charge on any atom is 0.224 e. The van der Waals surface area contributed by atoms with Gasteiger partial charge in [0.2, 0.25) is 5.91 Å². The zero-order valence-corrected chi connectivity index (χ0v) is 14.4. The van der Waals surface area contributed by atoms with Gasteiger partial charge in [0.05, 0.1) is 22.8 Å². The number of fused-ring (bicyclic) bond motifs is 1. The lowest BCUT2D eigenvalue weighted by Gasteiger charge is -2.24. The first kappa shape index (κ1) is 15.8. The predicted molar refractivity (Wildman–Crippen MR) is 97.0 cm³/mol. The highest BCUT2D eigenvalue weighted by Gasteiger charge is 2.30. The third-order valence-electron chi connectivity index (χ3n) is 5.00. The number of para-hydroxylation sites is 2. The Labute approximate surface area is 147 Å². The van der Waals surface area contributed by atoms with E-state index < -0.39 is 0 Å². The highest BCUT2D eigenvalue weighted by atomic mass is 16.2. The van der Waals surface area contributed by atoms with Crippen LogP contribution in [0.2, 0.25) is 0 Å². The SMILES string of the molecule is Cc1nc2ccccc2n1CCC(=O)N1CCC[C@H]1c1ccccn1. The summed E-state index contributed by atoms with van der Waals surface area (Å²) in [4.78, 5) is 23.9. The Morgan fingerprint density at radius 2 is 2.04 bits per heavy atom. The summed E-state index contributed by atoms with van der Waals surface area (Å²) in [5.74, 6) is 1.15. The largest absolute Gasteiger partial charge is 0.334 e. The number of benzene rings is 1. The molecule has 0 saturated carbocycles.